The highest BCUT2D eigenvalue weighted by atomic mass is 32.2. The van der Waals surface area contributed by atoms with Crippen molar-refractivity contribution >= 4 is 16.2 Å². The Bertz CT molecular complexity index is 984. The van der Waals surface area contributed by atoms with Crippen LogP contribution in [-0.2, 0) is 31.4 Å². The van der Waals surface area contributed by atoms with Crippen molar-refractivity contribution in [2.45, 2.75) is 50.2 Å². The van der Waals surface area contributed by atoms with E-state index in [1.807, 2.05) is 48.5 Å². The van der Waals surface area contributed by atoms with E-state index < -0.39 is 10.1 Å². The predicted molar refractivity (Wildman–Crippen MR) is 126 cm³/mol. The molecule has 2 aromatic rings. The van der Waals surface area contributed by atoms with Gasteiger partial charge in [-0.3, -0.25) is 9.08 Å². The van der Waals surface area contributed by atoms with Crippen molar-refractivity contribution in [3.63, 3.8) is 0 Å². The largest absolute Gasteiger partial charge is 0.445 e. The molecule has 8 heteroatoms. The van der Waals surface area contributed by atoms with Gasteiger partial charge in [0, 0.05) is 32.2 Å². The first-order valence-electron chi connectivity index (χ1n) is 11.6. The second kappa shape index (κ2) is 11.1. The van der Waals surface area contributed by atoms with Gasteiger partial charge in [0.05, 0.1) is 6.10 Å². The van der Waals surface area contributed by atoms with Crippen LogP contribution in [0.2, 0.25) is 0 Å². The van der Waals surface area contributed by atoms with Crippen molar-refractivity contribution in [1.82, 2.24) is 9.80 Å². The summed E-state index contributed by atoms with van der Waals surface area (Å²) in [6, 6.07) is 19.2. The first-order chi connectivity index (χ1) is 16.0. The van der Waals surface area contributed by atoms with Crippen LogP contribution in [0.5, 0.6) is 0 Å². The van der Waals surface area contributed by atoms with Gasteiger partial charge in [0.2, 0.25) is 0 Å². The summed E-state index contributed by atoms with van der Waals surface area (Å²) in [6.45, 7) is 3.20. The maximum Gasteiger partial charge on any atom is 0.410 e. The summed E-state index contributed by atoms with van der Waals surface area (Å²) in [5, 5.41) is 0. The SMILES string of the molecule is O=C(OCc1ccccc1)N1CCN(C2CCC(OS(=O)(=O)Cc3ccccc3)CC2)CC1. The molecule has 178 valence electrons. The van der Waals surface area contributed by atoms with Gasteiger partial charge in [0.15, 0.2) is 0 Å². The Labute approximate surface area is 196 Å². The number of benzene rings is 2. The molecule has 0 spiro atoms. The summed E-state index contributed by atoms with van der Waals surface area (Å²) in [5.41, 5.74) is 1.72. The number of piperazine rings is 1. The van der Waals surface area contributed by atoms with E-state index >= 15 is 0 Å². The highest BCUT2D eigenvalue weighted by Crippen LogP contribution is 2.27. The van der Waals surface area contributed by atoms with E-state index in [1.54, 1.807) is 17.0 Å². The second-order valence-electron chi connectivity index (χ2n) is 8.78. The molecule has 1 aliphatic carbocycles. The van der Waals surface area contributed by atoms with E-state index in [0.717, 1.165) is 49.9 Å². The second-order valence-corrected chi connectivity index (χ2v) is 10.4. The smallest absolute Gasteiger partial charge is 0.410 e. The first kappa shape index (κ1) is 23.7. The molecule has 1 heterocycles. The number of carbonyl (C=O) groups is 1. The highest BCUT2D eigenvalue weighted by Gasteiger charge is 2.32. The summed E-state index contributed by atoms with van der Waals surface area (Å²) in [4.78, 5) is 16.6. The molecule has 2 aromatic carbocycles. The molecule has 1 amide bonds. The summed E-state index contributed by atoms with van der Waals surface area (Å²) in [6.07, 6.45) is 2.77. The van der Waals surface area contributed by atoms with E-state index in [0.29, 0.717) is 19.1 Å². The van der Waals surface area contributed by atoms with Gasteiger partial charge >= 0.3 is 6.09 Å². The van der Waals surface area contributed by atoms with Crippen LogP contribution in [0.3, 0.4) is 0 Å². The van der Waals surface area contributed by atoms with E-state index in [-0.39, 0.29) is 24.6 Å². The van der Waals surface area contributed by atoms with Crippen LogP contribution < -0.4 is 0 Å². The number of amides is 1. The van der Waals surface area contributed by atoms with Crippen molar-refractivity contribution < 1.29 is 22.1 Å². The molecule has 33 heavy (non-hydrogen) atoms. The lowest BCUT2D eigenvalue weighted by molar-refractivity contribution is 0.0408. The fourth-order valence-corrected chi connectivity index (χ4v) is 5.88. The zero-order valence-corrected chi connectivity index (χ0v) is 19.7. The van der Waals surface area contributed by atoms with Gasteiger partial charge in [0.25, 0.3) is 10.1 Å². The molecule has 2 aliphatic rings. The number of carbonyl (C=O) groups excluding carboxylic acids is 1. The Morgan fingerprint density at radius 2 is 1.39 bits per heavy atom. The number of hydrogen-bond acceptors (Lipinski definition) is 6. The maximum absolute atomic E-state index is 12.4. The molecule has 1 aliphatic heterocycles. The molecule has 0 radical (unpaired) electrons. The van der Waals surface area contributed by atoms with Crippen LogP contribution in [0.1, 0.15) is 36.8 Å². The van der Waals surface area contributed by atoms with Crippen LogP contribution in [0.15, 0.2) is 60.7 Å². The predicted octanol–water partition coefficient (Wildman–Crippen LogP) is 3.80. The zero-order chi connectivity index (χ0) is 23.1. The quantitative estimate of drug-likeness (QED) is 0.571. The Morgan fingerprint density at radius 3 is 2.00 bits per heavy atom. The standard InChI is InChI=1S/C25H32N2O5S/c28-25(31-19-21-7-3-1-4-8-21)27-17-15-26(16-18-27)23-11-13-24(14-12-23)32-33(29,30)20-22-9-5-2-6-10-22/h1-10,23-24H,11-20H2. The van der Waals surface area contributed by atoms with Gasteiger partial charge < -0.3 is 9.64 Å². The summed E-state index contributed by atoms with van der Waals surface area (Å²) in [5.74, 6) is -0.0872. The first-order valence-corrected chi connectivity index (χ1v) is 13.2. The lowest BCUT2D eigenvalue weighted by Crippen LogP contribution is -2.53. The van der Waals surface area contributed by atoms with Crippen molar-refractivity contribution in [2.75, 3.05) is 26.2 Å². The third-order valence-electron chi connectivity index (χ3n) is 6.41. The highest BCUT2D eigenvalue weighted by molar-refractivity contribution is 7.85. The molecule has 0 unspecified atom stereocenters. The number of ether oxygens (including phenoxy) is 1. The molecule has 0 atom stereocenters. The van der Waals surface area contributed by atoms with E-state index in [2.05, 4.69) is 4.90 Å². The van der Waals surface area contributed by atoms with Crippen LogP contribution in [-0.4, -0.2) is 62.6 Å². The molecule has 1 saturated carbocycles. The topological polar surface area (TPSA) is 76.2 Å². The number of rotatable bonds is 7. The molecule has 7 nitrogen and oxygen atoms in total. The lowest BCUT2D eigenvalue weighted by atomic mass is 9.91. The summed E-state index contributed by atoms with van der Waals surface area (Å²) < 4.78 is 35.8. The fourth-order valence-electron chi connectivity index (χ4n) is 4.61. The van der Waals surface area contributed by atoms with Crippen molar-refractivity contribution in [2.24, 2.45) is 0 Å². The molecule has 4 rings (SSSR count). The van der Waals surface area contributed by atoms with Gasteiger partial charge in [-0.15, -0.1) is 0 Å². The van der Waals surface area contributed by atoms with Gasteiger partial charge in [-0.2, -0.15) is 8.42 Å². The summed E-state index contributed by atoms with van der Waals surface area (Å²) >= 11 is 0. The lowest BCUT2D eigenvalue weighted by Gasteiger charge is -2.41. The molecule has 2 fully saturated rings. The average molecular weight is 473 g/mol. The van der Waals surface area contributed by atoms with Gasteiger partial charge in [-0.25, -0.2) is 4.79 Å². The maximum atomic E-state index is 12.4. The molecule has 0 N–H and O–H groups in total. The van der Waals surface area contributed by atoms with Crippen LogP contribution >= 0.6 is 0 Å². The average Bonchev–Trinajstić information content (AvgIpc) is 2.84. The van der Waals surface area contributed by atoms with Crippen molar-refractivity contribution in [1.29, 1.82) is 0 Å². The van der Waals surface area contributed by atoms with Gasteiger partial charge in [-0.1, -0.05) is 60.7 Å². The molecule has 0 bridgehead atoms. The Kier molecular flexibility index (Phi) is 8.01. The Hall–Kier alpha value is -2.42. The monoisotopic (exact) mass is 472 g/mol. The van der Waals surface area contributed by atoms with Crippen LogP contribution in [0.25, 0.3) is 0 Å². The number of nitrogens with zero attached hydrogens (tertiary/aromatic N) is 2. The van der Waals surface area contributed by atoms with Crippen LogP contribution in [0.4, 0.5) is 4.79 Å². The molecule has 0 aromatic heterocycles. The minimum atomic E-state index is -3.59. The Balaban J connectivity index is 1.17. The van der Waals surface area contributed by atoms with E-state index in [4.69, 9.17) is 8.92 Å². The summed E-state index contributed by atoms with van der Waals surface area (Å²) in [7, 11) is -3.59. The third kappa shape index (κ3) is 7.03. The van der Waals surface area contributed by atoms with Gasteiger partial charge in [0.1, 0.15) is 12.4 Å². The molecular formula is C25H32N2O5S. The minimum Gasteiger partial charge on any atom is -0.445 e. The third-order valence-corrected chi connectivity index (χ3v) is 7.66. The molecular weight excluding hydrogens is 440 g/mol. The number of hydrogen-bond donors (Lipinski definition) is 0. The Morgan fingerprint density at radius 1 is 0.818 bits per heavy atom. The molecule has 1 saturated heterocycles. The normalized spacial score (nSPS) is 22.1. The van der Waals surface area contributed by atoms with Gasteiger partial charge in [-0.05, 0) is 36.8 Å². The van der Waals surface area contributed by atoms with Crippen LogP contribution in [0, 0.1) is 0 Å². The van der Waals surface area contributed by atoms with E-state index in [9.17, 15) is 13.2 Å². The van der Waals surface area contributed by atoms with Crippen molar-refractivity contribution in [3.8, 4) is 0 Å². The van der Waals surface area contributed by atoms with Crippen molar-refractivity contribution in [3.05, 3.63) is 71.8 Å². The fraction of sp³-hybridized carbons (Fsp3) is 0.480. The van der Waals surface area contributed by atoms with E-state index in [1.165, 1.54) is 0 Å². The zero-order valence-electron chi connectivity index (χ0n) is 18.8. The minimum absolute atomic E-state index is 0.0872.